The van der Waals surface area contributed by atoms with E-state index in [1.807, 2.05) is 18.4 Å². The van der Waals surface area contributed by atoms with Crippen LogP contribution in [0, 0.1) is 5.92 Å². The number of hydrogen-bond acceptors (Lipinski definition) is 3. The van der Waals surface area contributed by atoms with Crippen LogP contribution < -0.4 is 5.32 Å². The van der Waals surface area contributed by atoms with Crippen LogP contribution in [-0.2, 0) is 6.42 Å². The maximum absolute atomic E-state index is 5.61. The van der Waals surface area contributed by atoms with E-state index in [-0.39, 0.29) is 0 Å². The largest absolute Gasteiger partial charge is 0.464 e. The number of likely N-dealkylation sites (tertiary alicyclic amines) is 1. The Balaban J connectivity index is 1.53. The summed E-state index contributed by atoms with van der Waals surface area (Å²) < 4.78 is 5.61. The van der Waals surface area contributed by atoms with E-state index in [0.29, 0.717) is 0 Å². The zero-order valence-electron chi connectivity index (χ0n) is 12.3. The fourth-order valence-electron chi connectivity index (χ4n) is 3.21. The first kappa shape index (κ1) is 13.7. The van der Waals surface area contributed by atoms with E-state index in [4.69, 9.17) is 4.42 Å². The molecule has 2 heterocycles. The van der Waals surface area contributed by atoms with Crippen LogP contribution in [0.5, 0.6) is 0 Å². The average molecular weight is 272 g/mol. The van der Waals surface area contributed by atoms with Crippen molar-refractivity contribution in [3.63, 3.8) is 0 Å². The SMILES string of the molecule is CNCC1CCN(CCc2coc3ccccc23)CC1. The van der Waals surface area contributed by atoms with Crippen molar-refractivity contribution in [2.45, 2.75) is 19.3 Å². The summed E-state index contributed by atoms with van der Waals surface area (Å²) in [5.41, 5.74) is 2.35. The lowest BCUT2D eigenvalue weighted by molar-refractivity contribution is 0.185. The van der Waals surface area contributed by atoms with Gasteiger partial charge in [0.1, 0.15) is 5.58 Å². The zero-order chi connectivity index (χ0) is 13.8. The summed E-state index contributed by atoms with van der Waals surface area (Å²) in [4.78, 5) is 2.59. The quantitative estimate of drug-likeness (QED) is 0.907. The second kappa shape index (κ2) is 6.42. The van der Waals surface area contributed by atoms with Crippen molar-refractivity contribution < 1.29 is 4.42 Å². The molecule has 1 aromatic carbocycles. The van der Waals surface area contributed by atoms with Crippen LogP contribution in [0.4, 0.5) is 0 Å². The van der Waals surface area contributed by atoms with Crippen LogP contribution >= 0.6 is 0 Å². The lowest BCUT2D eigenvalue weighted by atomic mass is 9.96. The topological polar surface area (TPSA) is 28.4 Å². The van der Waals surface area contributed by atoms with Gasteiger partial charge >= 0.3 is 0 Å². The van der Waals surface area contributed by atoms with Gasteiger partial charge < -0.3 is 14.6 Å². The van der Waals surface area contributed by atoms with E-state index in [0.717, 1.165) is 24.5 Å². The number of rotatable bonds is 5. The van der Waals surface area contributed by atoms with E-state index in [1.54, 1.807) is 0 Å². The minimum Gasteiger partial charge on any atom is -0.464 e. The normalized spacial score (nSPS) is 17.9. The molecule has 1 aliphatic rings. The summed E-state index contributed by atoms with van der Waals surface area (Å²) in [6.07, 6.45) is 5.67. The monoisotopic (exact) mass is 272 g/mol. The molecule has 1 N–H and O–H groups in total. The van der Waals surface area contributed by atoms with E-state index in [9.17, 15) is 0 Å². The molecule has 0 bridgehead atoms. The lowest BCUT2D eigenvalue weighted by Crippen LogP contribution is -2.37. The third-order valence-electron chi connectivity index (χ3n) is 4.46. The summed E-state index contributed by atoms with van der Waals surface area (Å²) in [6, 6.07) is 8.32. The van der Waals surface area contributed by atoms with Gasteiger partial charge in [-0.3, -0.25) is 0 Å². The summed E-state index contributed by atoms with van der Waals surface area (Å²) in [6.45, 7) is 4.79. The maximum Gasteiger partial charge on any atom is 0.134 e. The Hall–Kier alpha value is -1.32. The predicted molar refractivity (Wildman–Crippen MR) is 83.0 cm³/mol. The number of piperidine rings is 1. The minimum atomic E-state index is 0.867. The molecule has 0 radical (unpaired) electrons. The molecule has 0 atom stereocenters. The van der Waals surface area contributed by atoms with Crippen LogP contribution in [0.1, 0.15) is 18.4 Å². The molecule has 0 amide bonds. The Morgan fingerprint density at radius 1 is 1.25 bits per heavy atom. The molecule has 20 heavy (non-hydrogen) atoms. The summed E-state index contributed by atoms with van der Waals surface area (Å²) in [5, 5.41) is 4.57. The van der Waals surface area contributed by atoms with Gasteiger partial charge in [0.2, 0.25) is 0 Å². The molecule has 3 heteroatoms. The lowest BCUT2D eigenvalue weighted by Gasteiger charge is -2.31. The Morgan fingerprint density at radius 3 is 2.85 bits per heavy atom. The van der Waals surface area contributed by atoms with Gasteiger partial charge in [-0.25, -0.2) is 0 Å². The molecule has 1 saturated heterocycles. The van der Waals surface area contributed by atoms with E-state index in [1.165, 1.54) is 43.4 Å². The number of furan rings is 1. The first-order valence-electron chi connectivity index (χ1n) is 7.69. The van der Waals surface area contributed by atoms with Crippen molar-refractivity contribution in [1.82, 2.24) is 10.2 Å². The molecule has 2 aromatic rings. The molecule has 1 aliphatic heterocycles. The first-order chi connectivity index (χ1) is 9.86. The fraction of sp³-hybridized carbons (Fsp3) is 0.529. The molecular formula is C17H24N2O. The Kier molecular flexibility index (Phi) is 4.38. The average Bonchev–Trinajstić information content (AvgIpc) is 2.90. The van der Waals surface area contributed by atoms with Gasteiger partial charge in [-0.2, -0.15) is 0 Å². The predicted octanol–water partition coefficient (Wildman–Crippen LogP) is 2.91. The van der Waals surface area contributed by atoms with Gasteiger partial charge in [0.05, 0.1) is 6.26 Å². The third kappa shape index (κ3) is 3.05. The van der Waals surface area contributed by atoms with E-state index < -0.39 is 0 Å². The standard InChI is InChI=1S/C17H24N2O/c1-18-12-14-6-9-19(10-7-14)11-8-15-13-20-17-5-3-2-4-16(15)17/h2-5,13-14,18H,6-12H2,1H3. The van der Waals surface area contributed by atoms with Crippen molar-refractivity contribution in [2.75, 3.05) is 33.2 Å². The zero-order valence-corrected chi connectivity index (χ0v) is 12.3. The molecule has 1 aromatic heterocycles. The van der Waals surface area contributed by atoms with Gasteiger partial charge in [0, 0.05) is 11.9 Å². The molecule has 1 fully saturated rings. The third-order valence-corrected chi connectivity index (χ3v) is 4.46. The van der Waals surface area contributed by atoms with Crippen LogP contribution in [0.15, 0.2) is 34.9 Å². The summed E-state index contributed by atoms with van der Waals surface area (Å²) in [7, 11) is 2.05. The smallest absolute Gasteiger partial charge is 0.134 e. The Bertz CT molecular complexity index is 541. The molecule has 0 aliphatic carbocycles. The second-order valence-corrected chi connectivity index (χ2v) is 5.85. The summed E-state index contributed by atoms with van der Waals surface area (Å²) in [5.74, 6) is 0.867. The van der Waals surface area contributed by atoms with Crippen molar-refractivity contribution in [2.24, 2.45) is 5.92 Å². The Morgan fingerprint density at radius 2 is 2.05 bits per heavy atom. The minimum absolute atomic E-state index is 0.867. The number of benzene rings is 1. The highest BCUT2D eigenvalue weighted by molar-refractivity contribution is 5.80. The van der Waals surface area contributed by atoms with Crippen LogP contribution in [-0.4, -0.2) is 38.1 Å². The highest BCUT2D eigenvalue weighted by atomic mass is 16.3. The molecule has 0 saturated carbocycles. The van der Waals surface area contributed by atoms with Crippen molar-refractivity contribution in [1.29, 1.82) is 0 Å². The highest BCUT2D eigenvalue weighted by Crippen LogP contribution is 2.22. The molecule has 0 spiro atoms. The molecule has 0 unspecified atom stereocenters. The fourth-order valence-corrected chi connectivity index (χ4v) is 3.21. The molecule has 3 nitrogen and oxygen atoms in total. The van der Waals surface area contributed by atoms with Gasteiger partial charge in [0.15, 0.2) is 0 Å². The van der Waals surface area contributed by atoms with Crippen molar-refractivity contribution >= 4 is 11.0 Å². The summed E-state index contributed by atoms with van der Waals surface area (Å²) >= 11 is 0. The molecule has 3 rings (SSSR count). The van der Waals surface area contributed by atoms with Crippen LogP contribution in [0.2, 0.25) is 0 Å². The maximum atomic E-state index is 5.61. The number of hydrogen-bond donors (Lipinski definition) is 1. The van der Waals surface area contributed by atoms with Crippen molar-refractivity contribution in [3.8, 4) is 0 Å². The number of fused-ring (bicyclic) bond motifs is 1. The van der Waals surface area contributed by atoms with Crippen LogP contribution in [0.3, 0.4) is 0 Å². The Labute approximate surface area is 120 Å². The van der Waals surface area contributed by atoms with Gasteiger partial charge in [0.25, 0.3) is 0 Å². The van der Waals surface area contributed by atoms with Gasteiger partial charge in [-0.15, -0.1) is 0 Å². The number of nitrogens with zero attached hydrogens (tertiary/aromatic N) is 1. The van der Waals surface area contributed by atoms with Crippen LogP contribution in [0.25, 0.3) is 11.0 Å². The van der Waals surface area contributed by atoms with E-state index in [2.05, 4.69) is 29.4 Å². The van der Waals surface area contributed by atoms with Crippen molar-refractivity contribution in [3.05, 3.63) is 36.1 Å². The van der Waals surface area contributed by atoms with Gasteiger partial charge in [-0.1, -0.05) is 18.2 Å². The highest BCUT2D eigenvalue weighted by Gasteiger charge is 2.18. The number of nitrogens with one attached hydrogen (secondary N) is 1. The molecule has 108 valence electrons. The van der Waals surface area contributed by atoms with E-state index >= 15 is 0 Å². The van der Waals surface area contributed by atoms with Gasteiger partial charge in [-0.05, 0) is 63.5 Å². The molecular weight excluding hydrogens is 248 g/mol. The second-order valence-electron chi connectivity index (χ2n) is 5.85. The first-order valence-corrected chi connectivity index (χ1v) is 7.69. The number of para-hydroxylation sites is 1.